The third-order valence-electron chi connectivity index (χ3n) is 5.28. The largest absolute Gasteiger partial charge is 0.356 e. The maximum absolute atomic E-state index is 13.9. The van der Waals surface area contributed by atoms with Gasteiger partial charge in [-0.05, 0) is 42.7 Å². The Morgan fingerprint density at radius 1 is 1.11 bits per heavy atom. The SMILES string of the molecule is CCCCCNC(=O)C[C@H](c1cccc(F)c1)c1cn(CC)c2ccccc12. The number of unbranched alkanes of at least 4 members (excludes halogenated alkanes) is 2. The first-order valence-electron chi connectivity index (χ1n) is 10.2. The Morgan fingerprint density at radius 3 is 2.68 bits per heavy atom. The molecular formula is C24H29FN2O. The Balaban J connectivity index is 1.94. The summed E-state index contributed by atoms with van der Waals surface area (Å²) in [6.07, 6.45) is 5.65. The number of carbonyl (C=O) groups is 1. The Labute approximate surface area is 166 Å². The monoisotopic (exact) mass is 380 g/mol. The van der Waals surface area contributed by atoms with Gasteiger partial charge in [-0.2, -0.15) is 0 Å². The van der Waals surface area contributed by atoms with Gasteiger partial charge in [0.1, 0.15) is 5.82 Å². The minimum atomic E-state index is -0.273. The molecule has 0 bridgehead atoms. The van der Waals surface area contributed by atoms with Crippen LogP contribution in [0.1, 0.15) is 56.6 Å². The Morgan fingerprint density at radius 2 is 1.93 bits per heavy atom. The second kappa shape index (κ2) is 9.54. The Hall–Kier alpha value is -2.62. The first kappa shape index (κ1) is 20.1. The highest BCUT2D eigenvalue weighted by molar-refractivity contribution is 5.86. The molecule has 0 fully saturated rings. The number of para-hydroxylation sites is 1. The third kappa shape index (κ3) is 4.61. The van der Waals surface area contributed by atoms with Crippen molar-refractivity contribution in [3.63, 3.8) is 0 Å². The predicted octanol–water partition coefficient (Wildman–Crippen LogP) is 5.63. The molecule has 3 aromatic rings. The van der Waals surface area contributed by atoms with E-state index in [1.807, 2.05) is 18.2 Å². The summed E-state index contributed by atoms with van der Waals surface area (Å²) >= 11 is 0. The van der Waals surface area contributed by atoms with Crippen LogP contribution in [-0.4, -0.2) is 17.0 Å². The minimum Gasteiger partial charge on any atom is -0.356 e. The van der Waals surface area contributed by atoms with Gasteiger partial charge in [-0.3, -0.25) is 4.79 Å². The quantitative estimate of drug-likeness (QED) is 0.480. The zero-order valence-electron chi connectivity index (χ0n) is 16.7. The molecule has 0 unspecified atom stereocenters. The van der Waals surface area contributed by atoms with Crippen LogP contribution in [0.2, 0.25) is 0 Å². The zero-order valence-corrected chi connectivity index (χ0v) is 16.7. The molecule has 1 heterocycles. The molecule has 1 atom stereocenters. The number of amides is 1. The number of aromatic nitrogens is 1. The fourth-order valence-electron chi connectivity index (χ4n) is 3.81. The second-order valence-electron chi connectivity index (χ2n) is 7.26. The van der Waals surface area contributed by atoms with Crippen molar-refractivity contribution >= 4 is 16.8 Å². The third-order valence-corrected chi connectivity index (χ3v) is 5.28. The molecule has 0 aliphatic rings. The Kier molecular flexibility index (Phi) is 6.85. The summed E-state index contributed by atoms with van der Waals surface area (Å²) < 4.78 is 16.1. The van der Waals surface area contributed by atoms with Gasteiger partial charge in [-0.1, -0.05) is 50.1 Å². The summed E-state index contributed by atoms with van der Waals surface area (Å²) in [6.45, 7) is 5.79. The van der Waals surface area contributed by atoms with E-state index in [1.54, 1.807) is 12.1 Å². The van der Waals surface area contributed by atoms with Gasteiger partial charge in [0.15, 0.2) is 0 Å². The molecule has 0 saturated carbocycles. The normalized spacial score (nSPS) is 12.2. The lowest BCUT2D eigenvalue weighted by Gasteiger charge is -2.17. The lowest BCUT2D eigenvalue weighted by Crippen LogP contribution is -2.26. The van der Waals surface area contributed by atoms with Gasteiger partial charge < -0.3 is 9.88 Å². The van der Waals surface area contributed by atoms with Gasteiger partial charge in [0, 0.05) is 42.5 Å². The van der Waals surface area contributed by atoms with E-state index in [-0.39, 0.29) is 17.6 Å². The summed E-state index contributed by atoms with van der Waals surface area (Å²) in [5, 5.41) is 4.15. The van der Waals surface area contributed by atoms with Crippen molar-refractivity contribution in [1.29, 1.82) is 0 Å². The van der Waals surface area contributed by atoms with Gasteiger partial charge in [0.25, 0.3) is 0 Å². The standard InChI is InChI=1S/C24H29FN2O/c1-3-5-8-14-26-24(28)16-21(18-10-9-11-19(25)15-18)22-17-27(4-2)23-13-7-6-12-20(22)23/h6-7,9-13,15,17,21H,3-5,8,14,16H2,1-2H3,(H,26,28)/t21-/m1/s1. The topological polar surface area (TPSA) is 34.0 Å². The number of nitrogens with one attached hydrogen (secondary N) is 1. The van der Waals surface area contributed by atoms with Crippen LogP contribution in [0.4, 0.5) is 4.39 Å². The molecule has 28 heavy (non-hydrogen) atoms. The number of fused-ring (bicyclic) bond motifs is 1. The first-order valence-corrected chi connectivity index (χ1v) is 10.2. The molecule has 148 valence electrons. The maximum atomic E-state index is 13.9. The van der Waals surface area contributed by atoms with Crippen molar-refractivity contribution in [1.82, 2.24) is 9.88 Å². The van der Waals surface area contributed by atoms with E-state index < -0.39 is 0 Å². The summed E-state index contributed by atoms with van der Waals surface area (Å²) in [5.74, 6) is -0.441. The van der Waals surface area contributed by atoms with Crippen LogP contribution in [0.5, 0.6) is 0 Å². The zero-order chi connectivity index (χ0) is 19.9. The average Bonchev–Trinajstić information content (AvgIpc) is 3.08. The van der Waals surface area contributed by atoms with Crippen LogP contribution in [-0.2, 0) is 11.3 Å². The van der Waals surface area contributed by atoms with Gasteiger partial charge in [-0.15, -0.1) is 0 Å². The van der Waals surface area contributed by atoms with E-state index in [2.05, 4.69) is 42.1 Å². The Bertz CT molecular complexity index is 931. The van der Waals surface area contributed by atoms with Gasteiger partial charge in [-0.25, -0.2) is 4.39 Å². The molecule has 0 aliphatic carbocycles. The van der Waals surface area contributed by atoms with E-state index >= 15 is 0 Å². The lowest BCUT2D eigenvalue weighted by molar-refractivity contribution is -0.121. The van der Waals surface area contributed by atoms with Crippen molar-refractivity contribution in [2.24, 2.45) is 0 Å². The van der Waals surface area contributed by atoms with Crippen LogP contribution in [0.3, 0.4) is 0 Å². The van der Waals surface area contributed by atoms with E-state index in [1.165, 1.54) is 6.07 Å². The predicted molar refractivity (Wildman–Crippen MR) is 113 cm³/mol. The molecule has 2 aromatic carbocycles. The van der Waals surface area contributed by atoms with Crippen molar-refractivity contribution in [2.75, 3.05) is 6.54 Å². The smallest absolute Gasteiger partial charge is 0.220 e. The molecule has 1 aromatic heterocycles. The number of rotatable bonds is 9. The summed E-state index contributed by atoms with van der Waals surface area (Å²) in [6, 6.07) is 14.8. The average molecular weight is 381 g/mol. The molecule has 0 spiro atoms. The van der Waals surface area contributed by atoms with Crippen molar-refractivity contribution in [2.45, 2.75) is 52.0 Å². The second-order valence-corrected chi connectivity index (χ2v) is 7.26. The summed E-state index contributed by atoms with van der Waals surface area (Å²) in [4.78, 5) is 12.6. The number of carbonyl (C=O) groups excluding carboxylic acids is 1. The van der Waals surface area contributed by atoms with Crippen molar-refractivity contribution in [3.05, 3.63) is 71.7 Å². The molecule has 0 radical (unpaired) electrons. The van der Waals surface area contributed by atoms with Gasteiger partial charge in [0.2, 0.25) is 5.91 Å². The number of benzene rings is 2. The van der Waals surface area contributed by atoms with E-state index in [9.17, 15) is 9.18 Å². The molecular weight excluding hydrogens is 351 g/mol. The molecule has 3 nitrogen and oxygen atoms in total. The number of halogens is 1. The fraction of sp³-hybridized carbons (Fsp3) is 0.375. The van der Waals surface area contributed by atoms with Crippen LogP contribution in [0, 0.1) is 5.82 Å². The van der Waals surface area contributed by atoms with Gasteiger partial charge >= 0.3 is 0 Å². The van der Waals surface area contributed by atoms with Crippen molar-refractivity contribution < 1.29 is 9.18 Å². The molecule has 1 amide bonds. The molecule has 4 heteroatoms. The van der Waals surface area contributed by atoms with Crippen LogP contribution >= 0.6 is 0 Å². The first-order chi connectivity index (χ1) is 13.6. The van der Waals surface area contributed by atoms with E-state index in [0.29, 0.717) is 13.0 Å². The highest BCUT2D eigenvalue weighted by Crippen LogP contribution is 2.35. The van der Waals surface area contributed by atoms with Crippen LogP contribution in [0.15, 0.2) is 54.7 Å². The van der Waals surface area contributed by atoms with Crippen molar-refractivity contribution in [3.8, 4) is 0 Å². The van der Waals surface area contributed by atoms with Crippen LogP contribution < -0.4 is 5.32 Å². The highest BCUT2D eigenvalue weighted by Gasteiger charge is 2.22. The van der Waals surface area contributed by atoms with E-state index in [4.69, 9.17) is 0 Å². The molecule has 1 N–H and O–H groups in total. The number of nitrogens with zero attached hydrogens (tertiary/aromatic N) is 1. The number of hydrogen-bond acceptors (Lipinski definition) is 1. The molecule has 3 rings (SSSR count). The van der Waals surface area contributed by atoms with Gasteiger partial charge in [0.05, 0.1) is 0 Å². The highest BCUT2D eigenvalue weighted by atomic mass is 19.1. The van der Waals surface area contributed by atoms with Crippen LogP contribution in [0.25, 0.3) is 10.9 Å². The summed E-state index contributed by atoms with van der Waals surface area (Å²) in [5.41, 5.74) is 3.05. The van der Waals surface area contributed by atoms with E-state index in [0.717, 1.165) is 47.8 Å². The number of hydrogen-bond donors (Lipinski definition) is 1. The number of aryl methyl sites for hydroxylation is 1. The fourth-order valence-corrected chi connectivity index (χ4v) is 3.81. The maximum Gasteiger partial charge on any atom is 0.220 e. The minimum absolute atomic E-state index is 0.0127. The summed E-state index contributed by atoms with van der Waals surface area (Å²) in [7, 11) is 0. The molecule has 0 aliphatic heterocycles. The molecule has 0 saturated heterocycles. The lowest BCUT2D eigenvalue weighted by atomic mass is 9.88.